The number of cyclic esters (lactones) is 1. The summed E-state index contributed by atoms with van der Waals surface area (Å²) < 4.78 is 9.91. The molecule has 3 heterocycles. The van der Waals surface area contributed by atoms with E-state index in [-0.39, 0.29) is 17.9 Å². The molecular weight excluding hydrogens is 288 g/mol. The minimum Gasteiger partial charge on any atom is -0.464 e. The summed E-state index contributed by atoms with van der Waals surface area (Å²) in [5, 5.41) is 6.45. The van der Waals surface area contributed by atoms with Crippen molar-refractivity contribution in [2.45, 2.75) is 19.4 Å². The second-order valence-corrected chi connectivity index (χ2v) is 5.66. The molecule has 0 aliphatic carbocycles. The highest BCUT2D eigenvalue weighted by Gasteiger charge is 2.34. The molecule has 0 bridgehead atoms. The molecule has 2 aliphatic heterocycles. The molecule has 0 spiro atoms. The van der Waals surface area contributed by atoms with Crippen LogP contribution in [0, 0.1) is 6.92 Å². The molecule has 120 valence electrons. The topological polar surface area (TPSA) is 87.9 Å². The summed E-state index contributed by atoms with van der Waals surface area (Å²) in [5.41, 5.74) is 0. The van der Waals surface area contributed by atoms with Gasteiger partial charge in [0.05, 0.1) is 13.2 Å². The maximum Gasteiger partial charge on any atom is 0.323 e. The van der Waals surface area contributed by atoms with Gasteiger partial charge in [-0.2, -0.15) is 0 Å². The van der Waals surface area contributed by atoms with Crippen LogP contribution in [-0.2, 0) is 14.3 Å². The Balaban J connectivity index is 1.43. The molecule has 1 aromatic heterocycles. The predicted molar refractivity (Wildman–Crippen MR) is 77.2 cm³/mol. The Kier molecular flexibility index (Phi) is 4.39. The van der Waals surface area contributed by atoms with Crippen LogP contribution in [0.4, 0.5) is 5.82 Å². The first-order valence-electron chi connectivity index (χ1n) is 7.48. The number of esters is 1. The summed E-state index contributed by atoms with van der Waals surface area (Å²) in [7, 11) is 0. The van der Waals surface area contributed by atoms with Gasteiger partial charge >= 0.3 is 5.97 Å². The molecule has 2 aliphatic rings. The average Bonchev–Trinajstić information content (AvgIpc) is 3.08. The molecule has 0 saturated carbocycles. The Morgan fingerprint density at radius 2 is 2.18 bits per heavy atom. The molecule has 0 aromatic carbocycles. The third-order valence-corrected chi connectivity index (χ3v) is 4.02. The molecule has 1 unspecified atom stereocenters. The zero-order valence-electron chi connectivity index (χ0n) is 12.6. The normalized spacial score (nSPS) is 23.5. The summed E-state index contributed by atoms with van der Waals surface area (Å²) in [4.78, 5) is 27.8. The van der Waals surface area contributed by atoms with E-state index in [1.807, 2.05) is 0 Å². The maximum absolute atomic E-state index is 12.0. The van der Waals surface area contributed by atoms with E-state index in [0.29, 0.717) is 24.7 Å². The van der Waals surface area contributed by atoms with Crippen molar-refractivity contribution in [3.63, 3.8) is 0 Å². The highest BCUT2D eigenvalue weighted by molar-refractivity contribution is 5.91. The number of nitrogens with one attached hydrogen (secondary N) is 1. The largest absolute Gasteiger partial charge is 0.464 e. The third-order valence-electron chi connectivity index (χ3n) is 4.02. The number of aromatic nitrogens is 1. The molecule has 3 rings (SSSR count). The van der Waals surface area contributed by atoms with E-state index in [0.717, 1.165) is 32.6 Å². The molecule has 1 N–H and O–H groups in total. The number of ether oxygens (including phenoxy) is 1. The van der Waals surface area contributed by atoms with Gasteiger partial charge < -0.3 is 14.6 Å². The summed E-state index contributed by atoms with van der Waals surface area (Å²) in [6.45, 7) is 5.67. The van der Waals surface area contributed by atoms with Crippen molar-refractivity contribution in [1.29, 1.82) is 0 Å². The molecule has 0 radical (unpaired) electrons. The third kappa shape index (κ3) is 3.45. The van der Waals surface area contributed by atoms with Gasteiger partial charge in [-0.3, -0.25) is 19.4 Å². The van der Waals surface area contributed by atoms with Gasteiger partial charge in [-0.15, -0.1) is 0 Å². The van der Waals surface area contributed by atoms with Crippen LogP contribution in [0.15, 0.2) is 10.6 Å². The molecule has 1 amide bonds. The van der Waals surface area contributed by atoms with Crippen molar-refractivity contribution in [2.24, 2.45) is 0 Å². The van der Waals surface area contributed by atoms with Crippen LogP contribution in [0.2, 0.25) is 0 Å². The first kappa shape index (κ1) is 15.0. The van der Waals surface area contributed by atoms with Crippen molar-refractivity contribution in [3.8, 4) is 0 Å². The van der Waals surface area contributed by atoms with Crippen LogP contribution >= 0.6 is 0 Å². The van der Waals surface area contributed by atoms with Crippen molar-refractivity contribution in [1.82, 2.24) is 15.0 Å². The van der Waals surface area contributed by atoms with Crippen LogP contribution < -0.4 is 5.32 Å². The fraction of sp³-hybridized carbons (Fsp3) is 0.643. The fourth-order valence-electron chi connectivity index (χ4n) is 2.86. The maximum atomic E-state index is 12.0. The van der Waals surface area contributed by atoms with E-state index in [1.165, 1.54) is 0 Å². The Morgan fingerprint density at radius 3 is 2.77 bits per heavy atom. The minimum atomic E-state index is -0.118. The lowest BCUT2D eigenvalue weighted by molar-refractivity contribution is -0.143. The first-order chi connectivity index (χ1) is 10.6. The average molecular weight is 308 g/mol. The first-order valence-corrected chi connectivity index (χ1v) is 7.48. The van der Waals surface area contributed by atoms with Gasteiger partial charge in [-0.25, -0.2) is 0 Å². The van der Waals surface area contributed by atoms with Crippen molar-refractivity contribution >= 4 is 17.7 Å². The molecule has 1 aromatic rings. The SMILES string of the molecule is Cc1cc(NC(=O)CN2CCN(C3CCOC3=O)CC2)no1. The summed E-state index contributed by atoms with van der Waals surface area (Å²) in [6, 6.07) is 1.58. The number of carbonyl (C=O) groups is 2. The lowest BCUT2D eigenvalue weighted by atomic mass is 10.2. The van der Waals surface area contributed by atoms with Crippen LogP contribution in [-0.4, -0.2) is 72.2 Å². The summed E-state index contributed by atoms with van der Waals surface area (Å²) in [6.07, 6.45) is 0.769. The number of rotatable bonds is 4. The standard InChI is InChI=1S/C14H20N4O4/c1-10-8-12(16-22-10)15-13(19)9-17-3-5-18(6-4-17)11-2-7-21-14(11)20/h8,11H,2-7,9H2,1H3,(H,15,16,19). The van der Waals surface area contributed by atoms with Gasteiger partial charge in [0.25, 0.3) is 0 Å². The molecule has 1 atom stereocenters. The van der Waals surface area contributed by atoms with Crippen molar-refractivity contribution in [2.75, 3.05) is 44.6 Å². The molecule has 22 heavy (non-hydrogen) atoms. The van der Waals surface area contributed by atoms with E-state index in [9.17, 15) is 9.59 Å². The Labute approximate surface area is 128 Å². The van der Waals surface area contributed by atoms with Gasteiger partial charge in [-0.1, -0.05) is 5.16 Å². The van der Waals surface area contributed by atoms with Gasteiger partial charge in [0, 0.05) is 38.7 Å². The highest BCUT2D eigenvalue weighted by atomic mass is 16.5. The van der Waals surface area contributed by atoms with E-state index in [4.69, 9.17) is 9.26 Å². The Bertz CT molecular complexity index is 551. The monoisotopic (exact) mass is 308 g/mol. The smallest absolute Gasteiger partial charge is 0.323 e. The number of hydrogen-bond donors (Lipinski definition) is 1. The van der Waals surface area contributed by atoms with E-state index < -0.39 is 0 Å². The van der Waals surface area contributed by atoms with Gasteiger partial charge in [0.1, 0.15) is 11.8 Å². The number of carbonyl (C=O) groups excluding carboxylic acids is 2. The van der Waals surface area contributed by atoms with Crippen molar-refractivity contribution < 1.29 is 18.8 Å². The second kappa shape index (κ2) is 6.45. The minimum absolute atomic E-state index is 0.103. The van der Waals surface area contributed by atoms with E-state index in [2.05, 4.69) is 20.3 Å². The lowest BCUT2D eigenvalue weighted by Crippen LogP contribution is -2.52. The molecule has 2 saturated heterocycles. The number of aryl methyl sites for hydroxylation is 1. The number of amides is 1. The predicted octanol–water partition coefficient (Wildman–Crippen LogP) is -0.145. The fourth-order valence-corrected chi connectivity index (χ4v) is 2.86. The van der Waals surface area contributed by atoms with Crippen LogP contribution in [0.5, 0.6) is 0 Å². The number of piperazine rings is 1. The quantitative estimate of drug-likeness (QED) is 0.774. The van der Waals surface area contributed by atoms with Crippen LogP contribution in [0.25, 0.3) is 0 Å². The second-order valence-electron chi connectivity index (χ2n) is 5.66. The van der Waals surface area contributed by atoms with Gasteiger partial charge in [0.15, 0.2) is 5.82 Å². The number of hydrogen-bond acceptors (Lipinski definition) is 7. The zero-order valence-corrected chi connectivity index (χ0v) is 12.6. The number of nitrogens with zero attached hydrogens (tertiary/aromatic N) is 3. The molecular formula is C14H20N4O4. The van der Waals surface area contributed by atoms with E-state index in [1.54, 1.807) is 13.0 Å². The molecule has 2 fully saturated rings. The van der Waals surface area contributed by atoms with Crippen molar-refractivity contribution in [3.05, 3.63) is 11.8 Å². The summed E-state index contributed by atoms with van der Waals surface area (Å²) >= 11 is 0. The van der Waals surface area contributed by atoms with Gasteiger partial charge in [0.2, 0.25) is 5.91 Å². The Hall–Kier alpha value is -1.93. The molecule has 8 heteroatoms. The highest BCUT2D eigenvalue weighted by Crippen LogP contribution is 2.16. The molecule has 8 nitrogen and oxygen atoms in total. The van der Waals surface area contributed by atoms with E-state index >= 15 is 0 Å². The lowest BCUT2D eigenvalue weighted by Gasteiger charge is -2.36. The Morgan fingerprint density at radius 1 is 1.41 bits per heavy atom. The zero-order chi connectivity index (χ0) is 15.5. The van der Waals surface area contributed by atoms with Crippen LogP contribution in [0.1, 0.15) is 12.2 Å². The van der Waals surface area contributed by atoms with Gasteiger partial charge in [-0.05, 0) is 6.92 Å². The number of anilines is 1. The van der Waals surface area contributed by atoms with Crippen LogP contribution in [0.3, 0.4) is 0 Å². The summed E-state index contributed by atoms with van der Waals surface area (Å²) in [5.74, 6) is 0.872.